The van der Waals surface area contributed by atoms with Crippen LogP contribution in [0.2, 0.25) is 0 Å². The van der Waals surface area contributed by atoms with Gasteiger partial charge in [0.2, 0.25) is 0 Å². The van der Waals surface area contributed by atoms with E-state index in [1.807, 2.05) is 6.07 Å². The van der Waals surface area contributed by atoms with E-state index in [2.05, 4.69) is 52.6 Å². The molecule has 1 heterocycles. The molecule has 21 heavy (non-hydrogen) atoms. The number of anilines is 1. The van der Waals surface area contributed by atoms with Gasteiger partial charge >= 0.3 is 0 Å². The Morgan fingerprint density at radius 2 is 1.90 bits per heavy atom. The molecule has 0 radical (unpaired) electrons. The summed E-state index contributed by atoms with van der Waals surface area (Å²) in [6.45, 7) is 4.77. The van der Waals surface area contributed by atoms with Gasteiger partial charge < -0.3 is 11.1 Å². The average Bonchev–Trinajstić information content (AvgIpc) is 2.98. The van der Waals surface area contributed by atoms with Crippen LogP contribution < -0.4 is 11.1 Å². The highest BCUT2D eigenvalue weighted by Gasteiger charge is 2.06. The number of H-pyrrole nitrogens is 1. The van der Waals surface area contributed by atoms with Crippen LogP contribution in [0.25, 0.3) is 0 Å². The second-order valence-corrected chi connectivity index (χ2v) is 4.57. The number of aromatic amines is 1. The molecule has 4 N–H and O–H groups in total. The molecule has 0 fully saturated rings. The van der Waals surface area contributed by atoms with Gasteiger partial charge in [0.1, 0.15) is 0 Å². The van der Waals surface area contributed by atoms with Crippen molar-refractivity contribution in [2.75, 3.05) is 5.32 Å². The van der Waals surface area contributed by atoms with E-state index < -0.39 is 0 Å². The lowest BCUT2D eigenvalue weighted by Crippen LogP contribution is -2.24. The summed E-state index contributed by atoms with van der Waals surface area (Å²) in [6.07, 6.45) is 3.63. The maximum atomic E-state index is 5.97. The molecule has 2 aromatic rings. The van der Waals surface area contributed by atoms with E-state index in [-0.39, 0.29) is 24.0 Å². The number of hydrogen-bond donors (Lipinski definition) is 3. The first-order valence-corrected chi connectivity index (χ1v) is 6.90. The molecule has 2 rings (SSSR count). The third kappa shape index (κ3) is 4.73. The molecule has 0 bridgehead atoms. The molecular formula is C15H22IN5. The Morgan fingerprint density at radius 3 is 2.43 bits per heavy atom. The van der Waals surface area contributed by atoms with Crippen LogP contribution in [0.5, 0.6) is 0 Å². The first-order chi connectivity index (χ1) is 9.74. The predicted molar refractivity (Wildman–Crippen MR) is 98.1 cm³/mol. The number of guanidine groups is 1. The van der Waals surface area contributed by atoms with Crippen molar-refractivity contribution in [3.05, 3.63) is 47.3 Å². The topological polar surface area (TPSA) is 79.1 Å². The molecule has 0 aliphatic carbocycles. The van der Waals surface area contributed by atoms with E-state index in [1.54, 1.807) is 6.20 Å². The van der Waals surface area contributed by atoms with E-state index in [9.17, 15) is 0 Å². The van der Waals surface area contributed by atoms with Crippen LogP contribution in [-0.2, 0) is 19.4 Å². The predicted octanol–water partition coefficient (Wildman–Crippen LogP) is 3.08. The number of aliphatic imine (C=N–C) groups is 1. The van der Waals surface area contributed by atoms with Crippen molar-refractivity contribution < 1.29 is 0 Å². The number of aromatic nitrogens is 2. The molecule has 0 saturated carbocycles. The van der Waals surface area contributed by atoms with Crippen molar-refractivity contribution in [3.8, 4) is 0 Å². The summed E-state index contributed by atoms with van der Waals surface area (Å²) >= 11 is 0. The fourth-order valence-electron chi connectivity index (χ4n) is 2.11. The number of nitrogens with one attached hydrogen (secondary N) is 2. The molecule has 5 nitrogen and oxygen atoms in total. The van der Waals surface area contributed by atoms with Crippen molar-refractivity contribution in [3.63, 3.8) is 0 Å². The number of nitrogens with two attached hydrogens (primary N) is 1. The summed E-state index contributed by atoms with van der Waals surface area (Å²) in [4.78, 5) is 4.32. The molecule has 0 amide bonds. The van der Waals surface area contributed by atoms with E-state index >= 15 is 0 Å². The Balaban J connectivity index is 0.00000220. The summed E-state index contributed by atoms with van der Waals surface area (Å²) in [5.74, 6) is 0.426. The van der Waals surface area contributed by atoms with Crippen LogP contribution in [0, 0.1) is 0 Å². The molecule has 6 heteroatoms. The Kier molecular flexibility index (Phi) is 7.21. The van der Waals surface area contributed by atoms with Crippen molar-refractivity contribution in [1.82, 2.24) is 10.2 Å². The number of halogens is 1. The maximum absolute atomic E-state index is 5.97. The van der Waals surface area contributed by atoms with Crippen molar-refractivity contribution >= 4 is 35.6 Å². The van der Waals surface area contributed by atoms with Gasteiger partial charge in [-0.05, 0) is 30.0 Å². The lowest BCUT2D eigenvalue weighted by atomic mass is 10.0. The number of aryl methyl sites for hydroxylation is 2. The molecule has 0 saturated heterocycles. The molecule has 0 unspecified atom stereocenters. The molecular weight excluding hydrogens is 377 g/mol. The van der Waals surface area contributed by atoms with Gasteiger partial charge in [-0.2, -0.15) is 5.10 Å². The highest BCUT2D eigenvalue weighted by Crippen LogP contribution is 2.22. The molecule has 0 atom stereocenters. The lowest BCUT2D eigenvalue weighted by molar-refractivity contribution is 0.944. The monoisotopic (exact) mass is 399 g/mol. The number of para-hydroxylation sites is 1. The van der Waals surface area contributed by atoms with Gasteiger partial charge in [-0.1, -0.05) is 32.0 Å². The normalized spacial score (nSPS) is 11.0. The quantitative estimate of drug-likeness (QED) is 0.411. The van der Waals surface area contributed by atoms with Gasteiger partial charge in [0.25, 0.3) is 0 Å². The first-order valence-electron chi connectivity index (χ1n) is 6.90. The van der Waals surface area contributed by atoms with Crippen LogP contribution in [-0.4, -0.2) is 16.2 Å². The Morgan fingerprint density at radius 1 is 1.24 bits per heavy atom. The third-order valence-corrected chi connectivity index (χ3v) is 3.23. The van der Waals surface area contributed by atoms with Crippen LogP contribution in [0.3, 0.4) is 0 Å². The highest BCUT2D eigenvalue weighted by molar-refractivity contribution is 14.0. The van der Waals surface area contributed by atoms with Crippen LogP contribution in [0.15, 0.2) is 35.5 Å². The van der Waals surface area contributed by atoms with Crippen molar-refractivity contribution in [1.29, 1.82) is 0 Å². The molecule has 1 aromatic heterocycles. The minimum Gasteiger partial charge on any atom is -0.370 e. The fraction of sp³-hybridized carbons (Fsp3) is 0.333. The second-order valence-electron chi connectivity index (χ2n) is 4.57. The number of nitrogens with zero attached hydrogens (tertiary/aromatic N) is 2. The maximum Gasteiger partial charge on any atom is 0.193 e. The minimum atomic E-state index is 0. The van der Waals surface area contributed by atoms with Crippen LogP contribution in [0.1, 0.15) is 30.7 Å². The summed E-state index contributed by atoms with van der Waals surface area (Å²) in [5.41, 5.74) is 10.5. The fourth-order valence-corrected chi connectivity index (χ4v) is 2.11. The summed E-state index contributed by atoms with van der Waals surface area (Å²) in [6, 6.07) is 8.20. The second kappa shape index (κ2) is 8.66. The summed E-state index contributed by atoms with van der Waals surface area (Å²) in [5, 5.41) is 9.98. The molecule has 0 aliphatic heterocycles. The number of rotatable bonds is 5. The summed E-state index contributed by atoms with van der Waals surface area (Å²) < 4.78 is 0. The van der Waals surface area contributed by atoms with Gasteiger partial charge in [-0.15, -0.1) is 24.0 Å². The molecule has 1 aromatic carbocycles. The number of hydrogen-bond acceptors (Lipinski definition) is 2. The average molecular weight is 399 g/mol. The first kappa shape index (κ1) is 17.5. The van der Waals surface area contributed by atoms with Gasteiger partial charge in [0.15, 0.2) is 5.96 Å². The highest BCUT2D eigenvalue weighted by atomic mass is 127. The Bertz CT molecular complexity index is 556. The minimum absolute atomic E-state index is 0. The van der Waals surface area contributed by atoms with Crippen molar-refractivity contribution in [2.45, 2.75) is 33.2 Å². The van der Waals surface area contributed by atoms with Crippen LogP contribution >= 0.6 is 24.0 Å². The summed E-state index contributed by atoms with van der Waals surface area (Å²) in [7, 11) is 0. The van der Waals surface area contributed by atoms with Crippen molar-refractivity contribution in [2.24, 2.45) is 10.7 Å². The zero-order valence-corrected chi connectivity index (χ0v) is 14.7. The SMILES string of the molecule is CCc1cccc(CC)c1NC(N)=NCc1ccn[nH]1.I. The van der Waals surface area contributed by atoms with E-state index in [0.29, 0.717) is 12.5 Å². The molecule has 114 valence electrons. The molecule has 0 spiro atoms. The van der Waals surface area contributed by atoms with E-state index in [1.165, 1.54) is 11.1 Å². The van der Waals surface area contributed by atoms with Gasteiger partial charge in [0, 0.05) is 11.9 Å². The zero-order valence-electron chi connectivity index (χ0n) is 12.4. The van der Waals surface area contributed by atoms with Gasteiger partial charge in [-0.3, -0.25) is 5.10 Å². The Hall–Kier alpha value is -1.57. The standard InChI is InChI=1S/C15H21N5.HI/c1-3-11-6-5-7-12(4-2)14(11)19-15(16)17-10-13-8-9-18-20-13;/h5-9H,3-4,10H2,1-2H3,(H,18,20)(H3,16,17,19);1H. The Labute approximate surface area is 142 Å². The third-order valence-electron chi connectivity index (χ3n) is 3.23. The smallest absolute Gasteiger partial charge is 0.193 e. The number of benzene rings is 1. The van der Waals surface area contributed by atoms with Gasteiger partial charge in [0.05, 0.1) is 12.2 Å². The molecule has 0 aliphatic rings. The van der Waals surface area contributed by atoms with Gasteiger partial charge in [-0.25, -0.2) is 4.99 Å². The lowest BCUT2D eigenvalue weighted by Gasteiger charge is -2.14. The van der Waals surface area contributed by atoms with E-state index in [4.69, 9.17) is 5.73 Å². The van der Waals surface area contributed by atoms with Crippen LogP contribution in [0.4, 0.5) is 5.69 Å². The zero-order chi connectivity index (χ0) is 14.4. The largest absolute Gasteiger partial charge is 0.370 e. The van der Waals surface area contributed by atoms with E-state index in [0.717, 1.165) is 24.2 Å².